The molecule has 0 amide bonds. The fraction of sp³-hybridized carbons (Fsp3) is 0.812. The average molecular weight is 385 g/mol. The maximum atomic E-state index is 10.6. The summed E-state index contributed by atoms with van der Waals surface area (Å²) in [4.78, 5) is 15.8. The molecule has 0 aliphatic rings. The molecule has 0 radical (unpaired) electrons. The second kappa shape index (κ2) is 10.9. The van der Waals surface area contributed by atoms with E-state index in [2.05, 4.69) is 6.58 Å². The molecule has 1 unspecified atom stereocenters. The largest absolute Gasteiger partial charge is 0.477 e. The summed E-state index contributed by atoms with van der Waals surface area (Å²) in [6, 6.07) is 0. The van der Waals surface area contributed by atoms with Crippen molar-refractivity contribution >= 4 is 16.1 Å². The molecule has 0 aromatic rings. The van der Waals surface area contributed by atoms with E-state index in [0.29, 0.717) is 22.0 Å². The Hall–Kier alpha value is -1.00. The van der Waals surface area contributed by atoms with Crippen molar-refractivity contribution in [3.63, 3.8) is 0 Å². The number of rotatable bonds is 10. The summed E-state index contributed by atoms with van der Waals surface area (Å²) in [6.07, 6.45) is 0.711. The summed E-state index contributed by atoms with van der Waals surface area (Å²) in [5, 5.41) is 8.23. The molecule has 150 valence electrons. The van der Waals surface area contributed by atoms with Gasteiger partial charge in [0.25, 0.3) is 10.1 Å². The summed E-state index contributed by atoms with van der Waals surface area (Å²) in [5.41, 5.74) is 0.861. The van der Waals surface area contributed by atoms with Crippen molar-refractivity contribution < 1.29 is 36.8 Å². The first-order valence-electron chi connectivity index (χ1n) is 8.13. The highest BCUT2D eigenvalue weighted by Gasteiger charge is 2.23. The number of hydroxylamine groups is 3. The van der Waals surface area contributed by atoms with E-state index >= 15 is 0 Å². The Labute approximate surface area is 152 Å². The third kappa shape index (κ3) is 19.2. The van der Waals surface area contributed by atoms with Gasteiger partial charge in [-0.25, -0.2) is 4.79 Å². The van der Waals surface area contributed by atoms with E-state index in [1.165, 1.54) is 0 Å². The number of carbonyl (C=O) groups is 1. The molecule has 2 N–H and O–H groups in total. The number of carboxylic acid groups (broad SMARTS) is 1. The van der Waals surface area contributed by atoms with Gasteiger partial charge >= 0.3 is 5.97 Å². The van der Waals surface area contributed by atoms with Crippen LogP contribution in [-0.4, -0.2) is 93.4 Å². The highest BCUT2D eigenvalue weighted by atomic mass is 32.2. The zero-order valence-electron chi connectivity index (χ0n) is 16.7. The second-order valence-electron chi connectivity index (χ2n) is 7.60. The summed E-state index contributed by atoms with van der Waals surface area (Å²) in [7, 11) is 5.50. The van der Waals surface area contributed by atoms with E-state index in [9.17, 15) is 13.2 Å². The minimum Gasteiger partial charge on any atom is -0.477 e. The van der Waals surface area contributed by atoms with Crippen molar-refractivity contribution in [1.82, 2.24) is 0 Å². The van der Waals surface area contributed by atoms with Crippen LogP contribution in [0.15, 0.2) is 12.2 Å². The number of quaternary nitrogens is 2. The molecule has 8 nitrogen and oxygen atoms in total. The Morgan fingerprint density at radius 3 is 1.92 bits per heavy atom. The molecule has 0 saturated heterocycles. The molecule has 0 aromatic heterocycles. The lowest BCUT2D eigenvalue weighted by atomic mass is 10.1. The number of likely N-dealkylation sites (N-methyl/N-ethyl adjacent to an activating group) is 1. The SMILES string of the molecule is C=C(C)C(CCCS(=O)(=O)O)O[N+](C)(C)CC.C[N+](C)(C)CC(=O)O. The molecular formula is C16H36N2O6S+2. The Morgan fingerprint density at radius 1 is 1.20 bits per heavy atom. The van der Waals surface area contributed by atoms with E-state index in [1.54, 1.807) is 0 Å². The maximum absolute atomic E-state index is 10.6. The maximum Gasteiger partial charge on any atom is 0.359 e. The van der Waals surface area contributed by atoms with Gasteiger partial charge in [0.1, 0.15) is 12.6 Å². The molecule has 1 atom stereocenters. The molecule has 25 heavy (non-hydrogen) atoms. The van der Waals surface area contributed by atoms with Crippen molar-refractivity contribution in [2.75, 3.05) is 54.1 Å². The predicted molar refractivity (Wildman–Crippen MR) is 98.5 cm³/mol. The van der Waals surface area contributed by atoms with E-state index < -0.39 is 16.1 Å². The minimum atomic E-state index is -3.89. The van der Waals surface area contributed by atoms with Crippen LogP contribution in [0, 0.1) is 0 Å². The van der Waals surface area contributed by atoms with Gasteiger partial charge in [0.2, 0.25) is 0 Å². The first kappa shape index (κ1) is 26.2. The van der Waals surface area contributed by atoms with Gasteiger partial charge in [-0.05, 0) is 32.3 Å². The molecule has 0 spiro atoms. The number of nitrogens with zero attached hydrogens (tertiary/aromatic N) is 2. The Kier molecular flexibility index (Phi) is 11.4. The Morgan fingerprint density at radius 2 is 1.68 bits per heavy atom. The molecule has 0 aliphatic heterocycles. The van der Waals surface area contributed by atoms with E-state index in [4.69, 9.17) is 14.5 Å². The topological polar surface area (TPSA) is 101 Å². The lowest BCUT2D eigenvalue weighted by molar-refractivity contribution is -1.08. The predicted octanol–water partition coefficient (Wildman–Crippen LogP) is 1.40. The van der Waals surface area contributed by atoms with Crippen LogP contribution in [0.1, 0.15) is 26.7 Å². The van der Waals surface area contributed by atoms with Gasteiger partial charge in [0.15, 0.2) is 6.54 Å². The van der Waals surface area contributed by atoms with Crippen LogP contribution in [-0.2, 0) is 19.8 Å². The van der Waals surface area contributed by atoms with Crippen LogP contribution >= 0.6 is 0 Å². The molecule has 9 heteroatoms. The van der Waals surface area contributed by atoms with Crippen molar-refractivity contribution in [1.29, 1.82) is 0 Å². The molecule has 0 aromatic carbocycles. The monoisotopic (exact) mass is 384 g/mol. The summed E-state index contributed by atoms with van der Waals surface area (Å²) >= 11 is 0. The van der Waals surface area contributed by atoms with Gasteiger partial charge in [0, 0.05) is 0 Å². The first-order valence-corrected chi connectivity index (χ1v) is 9.74. The summed E-state index contributed by atoms with van der Waals surface area (Å²) in [5.74, 6) is -0.989. The fourth-order valence-electron chi connectivity index (χ4n) is 1.66. The number of hydrogen-bond donors (Lipinski definition) is 2. The number of hydrogen-bond acceptors (Lipinski definition) is 4. The lowest BCUT2D eigenvalue weighted by Gasteiger charge is -2.30. The average Bonchev–Trinajstić information content (AvgIpc) is 2.33. The zero-order valence-corrected chi connectivity index (χ0v) is 17.5. The standard InChI is InChI=1S/C11H23NO4S.C5H11NO2/c1-6-12(4,5)16-11(10(2)3)8-7-9-17(13,14)15;1-6(2,3)4-5(7)8/h11H,2,6-9H2,1,3-5H3;4H2,1-3H3/p+2. The van der Waals surface area contributed by atoms with Gasteiger partial charge < -0.3 is 9.59 Å². The van der Waals surface area contributed by atoms with Crippen LogP contribution in [0.5, 0.6) is 0 Å². The fourth-order valence-corrected chi connectivity index (χ4v) is 2.20. The summed E-state index contributed by atoms with van der Waals surface area (Å²) in [6.45, 7) is 8.69. The van der Waals surface area contributed by atoms with Crippen LogP contribution < -0.4 is 0 Å². The summed E-state index contributed by atoms with van der Waals surface area (Å²) < 4.78 is 30.8. The van der Waals surface area contributed by atoms with Crippen LogP contribution in [0.25, 0.3) is 0 Å². The third-order valence-electron chi connectivity index (χ3n) is 3.20. The van der Waals surface area contributed by atoms with Gasteiger partial charge in [-0.3, -0.25) is 4.55 Å². The zero-order chi connectivity index (χ0) is 20.5. The lowest BCUT2D eigenvalue weighted by Crippen LogP contribution is -2.43. The van der Waals surface area contributed by atoms with Crippen LogP contribution in [0.2, 0.25) is 0 Å². The van der Waals surface area contributed by atoms with E-state index in [0.717, 1.165) is 12.1 Å². The molecule has 0 rings (SSSR count). The quantitative estimate of drug-likeness (QED) is 0.256. The Balaban J connectivity index is 0. The van der Waals surface area contributed by atoms with E-state index in [-0.39, 0.29) is 18.4 Å². The molecule has 0 saturated carbocycles. The molecule has 0 fully saturated rings. The van der Waals surface area contributed by atoms with Crippen LogP contribution in [0.3, 0.4) is 0 Å². The number of carboxylic acids is 1. The third-order valence-corrected chi connectivity index (χ3v) is 4.01. The van der Waals surface area contributed by atoms with Crippen molar-refractivity contribution in [2.45, 2.75) is 32.8 Å². The van der Waals surface area contributed by atoms with Gasteiger partial charge in [-0.15, -0.1) is 0 Å². The molecule has 0 heterocycles. The molecular weight excluding hydrogens is 348 g/mol. The second-order valence-corrected chi connectivity index (χ2v) is 9.17. The molecule has 0 bridgehead atoms. The van der Waals surface area contributed by atoms with E-state index in [1.807, 2.05) is 49.1 Å². The van der Waals surface area contributed by atoms with Gasteiger partial charge in [0.05, 0.1) is 41.0 Å². The first-order chi connectivity index (χ1) is 11.0. The molecule has 0 aliphatic carbocycles. The van der Waals surface area contributed by atoms with Crippen LogP contribution in [0.4, 0.5) is 0 Å². The van der Waals surface area contributed by atoms with Crippen molar-refractivity contribution in [2.24, 2.45) is 0 Å². The van der Waals surface area contributed by atoms with Gasteiger partial charge in [-0.1, -0.05) is 6.58 Å². The highest BCUT2D eigenvalue weighted by Crippen LogP contribution is 2.16. The van der Waals surface area contributed by atoms with Crippen molar-refractivity contribution in [3.8, 4) is 0 Å². The van der Waals surface area contributed by atoms with Crippen molar-refractivity contribution in [3.05, 3.63) is 12.2 Å². The number of aliphatic carboxylic acids is 1. The minimum absolute atomic E-state index is 0.181. The highest BCUT2D eigenvalue weighted by molar-refractivity contribution is 7.85. The normalized spacial score (nSPS) is 13.6. The van der Waals surface area contributed by atoms with Gasteiger partial charge in [-0.2, -0.15) is 17.9 Å². The smallest absolute Gasteiger partial charge is 0.359 e. The Bertz CT molecular complexity index is 523.